The Morgan fingerprint density at radius 1 is 1.45 bits per heavy atom. The highest BCUT2D eigenvalue weighted by Crippen LogP contribution is 2.21. The smallest absolute Gasteiger partial charge is 0.0572 e. The number of nitrogens with one attached hydrogen (secondary N) is 1. The summed E-state index contributed by atoms with van der Waals surface area (Å²) >= 11 is 5.67. The molecule has 1 aromatic carbocycles. The van der Waals surface area contributed by atoms with E-state index in [1.807, 2.05) is 13.1 Å². The Hall–Kier alpha value is -0.600. The number of hydrogen-bond acceptors (Lipinski definition) is 2. The number of rotatable bonds is 1. The monoisotopic (exact) mass is 192 g/mol. The van der Waals surface area contributed by atoms with Crippen LogP contribution in [0.15, 0.2) is 18.2 Å². The van der Waals surface area contributed by atoms with Crippen molar-refractivity contribution in [3.8, 4) is 0 Å². The second kappa shape index (κ2) is 4.31. The zero-order chi connectivity index (χ0) is 7.56. The van der Waals surface area contributed by atoms with E-state index >= 15 is 0 Å². The van der Waals surface area contributed by atoms with Crippen LogP contribution >= 0.6 is 24.0 Å². The first-order chi connectivity index (χ1) is 4.74. The molecule has 0 heterocycles. The summed E-state index contributed by atoms with van der Waals surface area (Å²) in [6.45, 7) is 0. The third-order valence-corrected chi connectivity index (χ3v) is 1.52. The minimum Gasteiger partial charge on any atom is -0.397 e. The van der Waals surface area contributed by atoms with E-state index in [2.05, 4.69) is 5.32 Å². The fourth-order valence-corrected chi connectivity index (χ4v) is 0.942. The third-order valence-electron chi connectivity index (χ3n) is 1.28. The summed E-state index contributed by atoms with van der Waals surface area (Å²) in [4.78, 5) is 0. The number of nitrogen functional groups attached to an aromatic ring is 1. The maximum absolute atomic E-state index is 5.67. The summed E-state index contributed by atoms with van der Waals surface area (Å²) in [6, 6.07) is 5.36. The lowest BCUT2D eigenvalue weighted by Gasteiger charge is -2.03. The fraction of sp³-hybridized carbons (Fsp3) is 0.143. The highest BCUT2D eigenvalue weighted by atomic mass is 35.5. The van der Waals surface area contributed by atoms with E-state index in [4.69, 9.17) is 17.3 Å². The molecule has 0 amide bonds. The first kappa shape index (κ1) is 10.4. The van der Waals surface area contributed by atoms with Crippen molar-refractivity contribution in [1.82, 2.24) is 0 Å². The number of nitrogens with two attached hydrogens (primary N) is 1. The van der Waals surface area contributed by atoms with Crippen molar-refractivity contribution in [1.29, 1.82) is 0 Å². The van der Waals surface area contributed by atoms with E-state index < -0.39 is 0 Å². The molecule has 0 atom stereocenters. The van der Waals surface area contributed by atoms with Crippen LogP contribution in [0.5, 0.6) is 0 Å². The van der Waals surface area contributed by atoms with Crippen LogP contribution in [0.4, 0.5) is 11.4 Å². The average Bonchev–Trinajstić information content (AvgIpc) is 1.88. The molecule has 0 aliphatic carbocycles. The van der Waals surface area contributed by atoms with Crippen molar-refractivity contribution in [2.75, 3.05) is 18.1 Å². The first-order valence-corrected chi connectivity index (χ1v) is 3.34. The average molecular weight is 193 g/mol. The molecule has 0 aromatic heterocycles. The molecule has 3 N–H and O–H groups in total. The lowest BCUT2D eigenvalue weighted by Crippen LogP contribution is -1.94. The molecule has 1 aromatic rings. The fourth-order valence-electron chi connectivity index (χ4n) is 0.761. The van der Waals surface area contributed by atoms with Gasteiger partial charge in [-0.2, -0.15) is 0 Å². The van der Waals surface area contributed by atoms with Crippen molar-refractivity contribution in [3.05, 3.63) is 23.2 Å². The standard InChI is InChI=1S/C7H9ClN2.ClH/c1-10-7-3-2-5(8)4-6(7)9;/h2-4,10H,9H2,1H3;1H. The van der Waals surface area contributed by atoms with E-state index in [-0.39, 0.29) is 12.4 Å². The van der Waals surface area contributed by atoms with Gasteiger partial charge in [-0.15, -0.1) is 12.4 Å². The normalized spacial score (nSPS) is 8.55. The Kier molecular flexibility index (Phi) is 4.08. The van der Waals surface area contributed by atoms with E-state index in [9.17, 15) is 0 Å². The molecule has 0 spiro atoms. The Morgan fingerprint density at radius 2 is 2.09 bits per heavy atom. The van der Waals surface area contributed by atoms with E-state index in [0.29, 0.717) is 10.7 Å². The summed E-state index contributed by atoms with van der Waals surface area (Å²) in [5, 5.41) is 3.60. The summed E-state index contributed by atoms with van der Waals surface area (Å²) in [5.74, 6) is 0. The zero-order valence-electron chi connectivity index (χ0n) is 6.10. The number of benzene rings is 1. The van der Waals surface area contributed by atoms with Crippen molar-refractivity contribution in [3.63, 3.8) is 0 Å². The molecule has 4 heteroatoms. The molecule has 62 valence electrons. The Labute approximate surface area is 77.1 Å². The van der Waals surface area contributed by atoms with Crippen molar-refractivity contribution in [2.45, 2.75) is 0 Å². The van der Waals surface area contributed by atoms with Gasteiger partial charge in [-0.25, -0.2) is 0 Å². The van der Waals surface area contributed by atoms with Crippen LogP contribution in [0.25, 0.3) is 0 Å². The van der Waals surface area contributed by atoms with Crippen LogP contribution in [0.2, 0.25) is 5.02 Å². The largest absolute Gasteiger partial charge is 0.397 e. The van der Waals surface area contributed by atoms with Crippen molar-refractivity contribution >= 4 is 35.4 Å². The molecule has 0 saturated heterocycles. The number of halogens is 2. The van der Waals surface area contributed by atoms with Gasteiger partial charge < -0.3 is 11.1 Å². The molecular weight excluding hydrogens is 183 g/mol. The van der Waals surface area contributed by atoms with Crippen LogP contribution in [0, 0.1) is 0 Å². The van der Waals surface area contributed by atoms with Gasteiger partial charge in [0.15, 0.2) is 0 Å². The van der Waals surface area contributed by atoms with Crippen molar-refractivity contribution in [2.24, 2.45) is 0 Å². The summed E-state index contributed by atoms with van der Waals surface area (Å²) in [6.07, 6.45) is 0. The van der Waals surface area contributed by atoms with Crippen LogP contribution in [-0.4, -0.2) is 7.05 Å². The van der Waals surface area contributed by atoms with Crippen LogP contribution in [0.3, 0.4) is 0 Å². The van der Waals surface area contributed by atoms with Gasteiger partial charge in [-0.05, 0) is 18.2 Å². The van der Waals surface area contributed by atoms with E-state index in [1.165, 1.54) is 0 Å². The second-order valence-electron chi connectivity index (χ2n) is 1.98. The minimum atomic E-state index is 0. The van der Waals surface area contributed by atoms with Gasteiger partial charge in [0, 0.05) is 12.1 Å². The quantitative estimate of drug-likeness (QED) is 0.672. The lowest BCUT2D eigenvalue weighted by molar-refractivity contribution is 1.51. The van der Waals surface area contributed by atoms with Gasteiger partial charge in [0.05, 0.1) is 11.4 Å². The molecule has 0 fully saturated rings. The summed E-state index contributed by atoms with van der Waals surface area (Å²) in [5.41, 5.74) is 7.17. The Bertz CT molecular complexity index is 238. The molecule has 0 unspecified atom stereocenters. The molecule has 0 radical (unpaired) electrons. The first-order valence-electron chi connectivity index (χ1n) is 2.97. The minimum absolute atomic E-state index is 0. The van der Waals surface area contributed by atoms with Gasteiger partial charge in [-0.1, -0.05) is 11.6 Å². The Balaban J connectivity index is 0.000001000. The van der Waals surface area contributed by atoms with Gasteiger partial charge in [0.2, 0.25) is 0 Å². The maximum atomic E-state index is 5.67. The van der Waals surface area contributed by atoms with E-state index in [0.717, 1.165) is 5.69 Å². The maximum Gasteiger partial charge on any atom is 0.0572 e. The molecule has 11 heavy (non-hydrogen) atoms. The third kappa shape index (κ3) is 2.48. The predicted octanol–water partition coefficient (Wildman–Crippen LogP) is 2.39. The van der Waals surface area contributed by atoms with Crippen LogP contribution < -0.4 is 11.1 Å². The predicted molar refractivity (Wildman–Crippen MR) is 52.7 cm³/mol. The van der Waals surface area contributed by atoms with Crippen LogP contribution in [-0.2, 0) is 0 Å². The van der Waals surface area contributed by atoms with Gasteiger partial charge in [-0.3, -0.25) is 0 Å². The highest BCUT2D eigenvalue weighted by molar-refractivity contribution is 6.31. The summed E-state index contributed by atoms with van der Waals surface area (Å²) < 4.78 is 0. The van der Waals surface area contributed by atoms with Gasteiger partial charge in [0.1, 0.15) is 0 Å². The van der Waals surface area contributed by atoms with Crippen LogP contribution in [0.1, 0.15) is 0 Å². The molecule has 0 aliphatic heterocycles. The SMILES string of the molecule is CNc1ccc(Cl)cc1N.Cl. The topological polar surface area (TPSA) is 38.0 Å². The molecule has 0 aliphatic rings. The molecule has 1 rings (SSSR count). The van der Waals surface area contributed by atoms with Crippen molar-refractivity contribution < 1.29 is 0 Å². The van der Waals surface area contributed by atoms with Gasteiger partial charge >= 0.3 is 0 Å². The Morgan fingerprint density at radius 3 is 2.55 bits per heavy atom. The molecular formula is C7H10Cl2N2. The summed E-state index contributed by atoms with van der Waals surface area (Å²) in [7, 11) is 1.82. The molecule has 0 bridgehead atoms. The molecule has 2 nitrogen and oxygen atoms in total. The number of hydrogen-bond donors (Lipinski definition) is 2. The number of anilines is 2. The van der Waals surface area contributed by atoms with E-state index in [1.54, 1.807) is 12.1 Å². The highest BCUT2D eigenvalue weighted by Gasteiger charge is 1.94. The second-order valence-corrected chi connectivity index (χ2v) is 2.42. The van der Waals surface area contributed by atoms with Gasteiger partial charge in [0.25, 0.3) is 0 Å². The lowest BCUT2D eigenvalue weighted by atomic mass is 10.3. The molecule has 0 saturated carbocycles. The zero-order valence-corrected chi connectivity index (χ0v) is 7.67.